The SMILES string of the molecule is O=C1Nc2ccccc2C12C=CCC2. The van der Waals surface area contributed by atoms with Crippen molar-refractivity contribution < 1.29 is 4.79 Å². The first kappa shape index (κ1) is 7.80. The fraction of sp³-hybridized carbons (Fsp3) is 0.250. The van der Waals surface area contributed by atoms with Crippen LogP contribution in [0, 0.1) is 0 Å². The molecule has 0 saturated carbocycles. The zero-order valence-corrected chi connectivity index (χ0v) is 7.79. The normalized spacial score (nSPS) is 28.1. The lowest BCUT2D eigenvalue weighted by atomic mass is 9.81. The van der Waals surface area contributed by atoms with Crippen LogP contribution in [0.15, 0.2) is 36.4 Å². The highest BCUT2D eigenvalue weighted by molar-refractivity contribution is 6.08. The molecule has 1 aromatic rings. The molecule has 1 aliphatic heterocycles. The van der Waals surface area contributed by atoms with E-state index in [9.17, 15) is 4.79 Å². The van der Waals surface area contributed by atoms with Crippen LogP contribution in [0.2, 0.25) is 0 Å². The molecular weight excluding hydrogens is 174 g/mol. The van der Waals surface area contributed by atoms with Gasteiger partial charge in [0.25, 0.3) is 0 Å². The van der Waals surface area contributed by atoms with E-state index in [-0.39, 0.29) is 11.3 Å². The number of carbonyl (C=O) groups is 1. The predicted octanol–water partition coefficient (Wildman–Crippen LogP) is 2.23. The summed E-state index contributed by atoms with van der Waals surface area (Å²) in [4.78, 5) is 11.9. The van der Waals surface area contributed by atoms with Gasteiger partial charge in [0.1, 0.15) is 0 Å². The standard InChI is InChI=1S/C12H11NO/c14-11-12(7-3-4-8-12)9-5-1-2-6-10(9)13-11/h1-3,5-7H,4,8H2,(H,13,14). The molecule has 1 heterocycles. The molecule has 1 amide bonds. The molecule has 1 atom stereocenters. The zero-order chi connectivity index (χ0) is 9.60. The third kappa shape index (κ3) is 0.782. The number of amides is 1. The Balaban J connectivity index is 2.24. The van der Waals surface area contributed by atoms with Crippen LogP contribution in [0.1, 0.15) is 18.4 Å². The van der Waals surface area contributed by atoms with Crippen molar-refractivity contribution in [2.24, 2.45) is 0 Å². The number of allylic oxidation sites excluding steroid dienone is 1. The van der Waals surface area contributed by atoms with Gasteiger partial charge in [0.05, 0.1) is 5.41 Å². The average molecular weight is 185 g/mol. The number of rotatable bonds is 0. The Morgan fingerprint density at radius 2 is 2.14 bits per heavy atom. The number of nitrogens with one attached hydrogen (secondary N) is 1. The first-order valence-electron chi connectivity index (χ1n) is 4.92. The molecule has 1 aromatic carbocycles. The van der Waals surface area contributed by atoms with E-state index in [1.54, 1.807) is 0 Å². The number of benzene rings is 1. The maximum Gasteiger partial charge on any atom is 0.238 e. The number of carbonyl (C=O) groups excluding carboxylic acids is 1. The van der Waals surface area contributed by atoms with Crippen LogP contribution in [0.25, 0.3) is 0 Å². The van der Waals surface area contributed by atoms with Crippen molar-refractivity contribution >= 4 is 11.6 Å². The van der Waals surface area contributed by atoms with Gasteiger partial charge in [-0.2, -0.15) is 0 Å². The van der Waals surface area contributed by atoms with Crippen molar-refractivity contribution in [3.05, 3.63) is 42.0 Å². The Morgan fingerprint density at radius 1 is 1.29 bits per heavy atom. The van der Waals surface area contributed by atoms with Gasteiger partial charge in [-0.05, 0) is 24.5 Å². The molecule has 1 spiro atoms. The molecular formula is C12H11NO. The minimum atomic E-state index is -0.351. The molecule has 2 nitrogen and oxygen atoms in total. The van der Waals surface area contributed by atoms with E-state index in [1.807, 2.05) is 30.3 Å². The van der Waals surface area contributed by atoms with Crippen LogP contribution in [0.3, 0.4) is 0 Å². The molecule has 0 bridgehead atoms. The first-order chi connectivity index (χ1) is 6.83. The van der Waals surface area contributed by atoms with Crippen LogP contribution in [0.5, 0.6) is 0 Å². The van der Waals surface area contributed by atoms with Gasteiger partial charge < -0.3 is 5.32 Å². The number of anilines is 1. The predicted molar refractivity (Wildman–Crippen MR) is 55.1 cm³/mol. The molecule has 0 saturated heterocycles. The fourth-order valence-electron chi connectivity index (χ4n) is 2.43. The third-order valence-electron chi connectivity index (χ3n) is 3.17. The summed E-state index contributed by atoms with van der Waals surface area (Å²) in [5, 5.41) is 2.94. The van der Waals surface area contributed by atoms with Crippen LogP contribution < -0.4 is 5.32 Å². The number of fused-ring (bicyclic) bond motifs is 2. The Bertz CT molecular complexity index is 436. The highest BCUT2D eigenvalue weighted by Crippen LogP contribution is 2.44. The smallest absolute Gasteiger partial charge is 0.238 e. The number of hydrogen-bond acceptors (Lipinski definition) is 1. The van der Waals surface area contributed by atoms with Crippen molar-refractivity contribution in [3.8, 4) is 0 Å². The minimum Gasteiger partial charge on any atom is -0.325 e. The van der Waals surface area contributed by atoms with Gasteiger partial charge in [-0.25, -0.2) is 0 Å². The summed E-state index contributed by atoms with van der Waals surface area (Å²) in [6.07, 6.45) is 6.06. The average Bonchev–Trinajstić information content (AvgIpc) is 2.77. The van der Waals surface area contributed by atoms with Gasteiger partial charge in [0.15, 0.2) is 0 Å². The summed E-state index contributed by atoms with van der Waals surface area (Å²) in [7, 11) is 0. The lowest BCUT2D eigenvalue weighted by Gasteiger charge is -2.18. The second-order valence-electron chi connectivity index (χ2n) is 3.91. The molecule has 2 heteroatoms. The van der Waals surface area contributed by atoms with E-state index in [2.05, 4.69) is 11.4 Å². The summed E-state index contributed by atoms with van der Waals surface area (Å²) in [5.74, 6) is 0.132. The highest BCUT2D eigenvalue weighted by Gasteiger charge is 2.45. The quantitative estimate of drug-likeness (QED) is 0.617. The molecule has 1 aliphatic carbocycles. The molecule has 14 heavy (non-hydrogen) atoms. The second kappa shape index (κ2) is 2.47. The van der Waals surface area contributed by atoms with Crippen molar-refractivity contribution in [3.63, 3.8) is 0 Å². The zero-order valence-electron chi connectivity index (χ0n) is 7.79. The fourth-order valence-corrected chi connectivity index (χ4v) is 2.43. The van der Waals surface area contributed by atoms with Crippen molar-refractivity contribution in [1.82, 2.24) is 0 Å². The van der Waals surface area contributed by atoms with E-state index in [4.69, 9.17) is 0 Å². The van der Waals surface area contributed by atoms with Gasteiger partial charge in [-0.3, -0.25) is 4.79 Å². The largest absolute Gasteiger partial charge is 0.325 e. The molecule has 1 N–H and O–H groups in total. The van der Waals surface area contributed by atoms with Gasteiger partial charge in [0.2, 0.25) is 5.91 Å². The van der Waals surface area contributed by atoms with Gasteiger partial charge >= 0.3 is 0 Å². The lowest BCUT2D eigenvalue weighted by molar-refractivity contribution is -0.119. The Morgan fingerprint density at radius 3 is 2.93 bits per heavy atom. The summed E-state index contributed by atoms with van der Waals surface area (Å²) in [6.45, 7) is 0. The van der Waals surface area contributed by atoms with E-state index >= 15 is 0 Å². The Labute approximate surface area is 82.6 Å². The summed E-state index contributed by atoms with van der Waals surface area (Å²) in [6, 6.07) is 7.96. The van der Waals surface area contributed by atoms with E-state index in [1.165, 1.54) is 0 Å². The van der Waals surface area contributed by atoms with Gasteiger partial charge in [0, 0.05) is 5.69 Å². The summed E-state index contributed by atoms with van der Waals surface area (Å²) >= 11 is 0. The van der Waals surface area contributed by atoms with Crippen LogP contribution in [0.4, 0.5) is 5.69 Å². The molecule has 2 aliphatic rings. The number of para-hydroxylation sites is 1. The van der Waals surface area contributed by atoms with Crippen molar-refractivity contribution in [1.29, 1.82) is 0 Å². The van der Waals surface area contributed by atoms with E-state index in [0.717, 1.165) is 24.1 Å². The Hall–Kier alpha value is -1.57. The minimum absolute atomic E-state index is 0.132. The molecule has 0 radical (unpaired) electrons. The topological polar surface area (TPSA) is 29.1 Å². The maximum atomic E-state index is 11.9. The third-order valence-corrected chi connectivity index (χ3v) is 3.17. The summed E-state index contributed by atoms with van der Waals surface area (Å²) in [5.41, 5.74) is 1.76. The molecule has 70 valence electrons. The lowest BCUT2D eigenvalue weighted by Crippen LogP contribution is -2.29. The summed E-state index contributed by atoms with van der Waals surface area (Å²) < 4.78 is 0. The molecule has 3 rings (SSSR count). The highest BCUT2D eigenvalue weighted by atomic mass is 16.2. The monoisotopic (exact) mass is 185 g/mol. The van der Waals surface area contributed by atoms with Gasteiger partial charge in [-0.15, -0.1) is 0 Å². The Kier molecular flexibility index (Phi) is 1.38. The van der Waals surface area contributed by atoms with E-state index in [0.29, 0.717) is 0 Å². The second-order valence-corrected chi connectivity index (χ2v) is 3.91. The van der Waals surface area contributed by atoms with Gasteiger partial charge in [-0.1, -0.05) is 30.4 Å². The van der Waals surface area contributed by atoms with Crippen LogP contribution >= 0.6 is 0 Å². The maximum absolute atomic E-state index is 11.9. The van der Waals surface area contributed by atoms with Crippen LogP contribution in [-0.2, 0) is 10.2 Å². The molecule has 0 fully saturated rings. The van der Waals surface area contributed by atoms with Crippen LogP contribution in [-0.4, -0.2) is 5.91 Å². The molecule has 0 aromatic heterocycles. The molecule has 1 unspecified atom stereocenters. The van der Waals surface area contributed by atoms with Crippen molar-refractivity contribution in [2.45, 2.75) is 18.3 Å². The van der Waals surface area contributed by atoms with E-state index < -0.39 is 0 Å². The number of hydrogen-bond donors (Lipinski definition) is 1. The van der Waals surface area contributed by atoms with Crippen molar-refractivity contribution in [2.75, 3.05) is 5.32 Å². The first-order valence-corrected chi connectivity index (χ1v) is 4.92.